The van der Waals surface area contributed by atoms with Crippen molar-refractivity contribution in [2.75, 3.05) is 0 Å². The van der Waals surface area contributed by atoms with E-state index in [1.54, 1.807) is 22.3 Å². The van der Waals surface area contributed by atoms with E-state index in [-0.39, 0.29) is 24.8 Å². The largest absolute Gasteiger partial charge is 0.147 e. The second-order valence-electron chi connectivity index (χ2n) is 9.59. The van der Waals surface area contributed by atoms with Crippen molar-refractivity contribution in [3.05, 3.63) is 81.9 Å². The average molecular weight is 467 g/mol. The van der Waals surface area contributed by atoms with E-state index in [1.807, 2.05) is 0 Å². The van der Waals surface area contributed by atoms with Crippen LogP contribution in [0.5, 0.6) is 0 Å². The zero-order chi connectivity index (χ0) is 18.9. The number of benzene rings is 2. The van der Waals surface area contributed by atoms with Gasteiger partial charge in [0.1, 0.15) is 0 Å². The summed E-state index contributed by atoms with van der Waals surface area (Å²) >= 11 is -2.99. The molecule has 0 saturated carbocycles. The molecule has 2 aliphatic carbocycles. The van der Waals surface area contributed by atoms with Crippen LogP contribution in [0.25, 0.3) is 11.1 Å². The van der Waals surface area contributed by atoms with Crippen molar-refractivity contribution < 1.29 is 14.0 Å². The molecule has 0 aliphatic heterocycles. The van der Waals surface area contributed by atoms with E-state index >= 15 is 0 Å². The Morgan fingerprint density at radius 1 is 0.643 bits per heavy atom. The predicted molar refractivity (Wildman–Crippen MR) is 130 cm³/mol. The van der Waals surface area contributed by atoms with Crippen LogP contribution in [0, 0.1) is 0 Å². The van der Waals surface area contributed by atoms with Gasteiger partial charge in [0.15, 0.2) is 0 Å². The third-order valence-corrected chi connectivity index (χ3v) is 18.9. The smallest absolute Gasteiger partial charge is 0.147 e. The van der Waals surface area contributed by atoms with Crippen molar-refractivity contribution in [2.45, 2.75) is 46.6 Å². The Bertz CT molecular complexity index is 992. The molecule has 2 aromatic rings. The van der Waals surface area contributed by atoms with Crippen molar-refractivity contribution in [3.8, 4) is 0 Å². The van der Waals surface area contributed by atoms with Crippen LogP contribution in [0.2, 0.25) is 10.5 Å². The van der Waals surface area contributed by atoms with Crippen molar-refractivity contribution in [2.24, 2.45) is 0 Å². The fourth-order valence-electron chi connectivity index (χ4n) is 6.12. The summed E-state index contributed by atoms with van der Waals surface area (Å²) in [6.07, 6.45) is 0. The molecule has 0 fully saturated rings. The Morgan fingerprint density at radius 3 is 1.32 bits per heavy atom. The number of hydrogen-bond acceptors (Lipinski definition) is 0. The molecule has 28 heavy (non-hydrogen) atoms. The number of hydrogen-bond donors (Lipinski definition) is 0. The van der Waals surface area contributed by atoms with Crippen LogP contribution in [0.3, 0.4) is 0 Å². The van der Waals surface area contributed by atoms with Crippen LogP contribution in [-0.2, 0) is 14.0 Å². The van der Waals surface area contributed by atoms with Gasteiger partial charge in [-0.3, -0.25) is 0 Å². The van der Waals surface area contributed by atoms with Crippen molar-refractivity contribution in [3.63, 3.8) is 0 Å². The molecule has 2 aromatic carbocycles. The minimum atomic E-state index is -2.99. The molecule has 2 aliphatic rings. The minimum Gasteiger partial charge on any atom is -0.147 e. The molecular weight excluding hydrogens is 435 g/mol. The Morgan fingerprint density at radius 2 is 0.964 bits per heavy atom. The third kappa shape index (κ3) is 3.15. The topological polar surface area (TPSA) is 0 Å². The van der Waals surface area contributed by atoms with Gasteiger partial charge in [-0.25, -0.2) is 0 Å². The number of halogens is 2. The van der Waals surface area contributed by atoms with Gasteiger partial charge in [0.05, 0.1) is 0 Å². The second-order valence-corrected chi connectivity index (χ2v) is 29.8. The van der Waals surface area contributed by atoms with Gasteiger partial charge in [0.2, 0.25) is 0 Å². The van der Waals surface area contributed by atoms with E-state index in [2.05, 4.69) is 94.3 Å². The molecule has 4 rings (SSSR count). The first-order chi connectivity index (χ1) is 12.1. The first-order valence-corrected chi connectivity index (χ1v) is 18.7. The standard InChI is InChI=1S/2C11H11.2CH3.2ClH.H2Si.Ti/c2*1-8-7-10-5-3-4-6-11(10)9(8)2;;;;;;/h2*3-7H,1-2H3;2*1H3;2*1H;1H2;. The van der Waals surface area contributed by atoms with Gasteiger partial charge in [-0.2, -0.15) is 0 Å². The molecule has 2 unspecified atom stereocenters. The molecule has 2 atom stereocenters. The van der Waals surface area contributed by atoms with Gasteiger partial charge in [-0.1, -0.05) is 0 Å². The summed E-state index contributed by atoms with van der Waals surface area (Å²) in [6.45, 7) is 9.46. The Labute approximate surface area is 185 Å². The van der Waals surface area contributed by atoms with Crippen LogP contribution in [0.4, 0.5) is 0 Å². The van der Waals surface area contributed by atoms with Crippen LogP contribution < -0.4 is 0 Å². The first-order valence-electron chi connectivity index (χ1n) is 9.74. The number of allylic oxidation sites excluding steroid dienone is 4. The van der Waals surface area contributed by atoms with Gasteiger partial charge in [0, 0.05) is 0 Å². The van der Waals surface area contributed by atoms with Gasteiger partial charge < -0.3 is 0 Å². The molecule has 0 N–H and O–H groups in total. The van der Waals surface area contributed by atoms with Crippen molar-refractivity contribution in [1.82, 2.24) is 0 Å². The van der Waals surface area contributed by atoms with Crippen LogP contribution in [0.1, 0.15) is 58.4 Å². The molecule has 0 aromatic heterocycles. The molecule has 0 bridgehead atoms. The summed E-state index contributed by atoms with van der Waals surface area (Å²) in [5.74, 6) is 0. The summed E-state index contributed by atoms with van der Waals surface area (Å²) < 4.78 is 1.25. The molecule has 0 heterocycles. The monoisotopic (exact) mass is 466 g/mol. The second kappa shape index (κ2) is 7.60. The van der Waals surface area contributed by atoms with Crippen LogP contribution in [0.15, 0.2) is 59.7 Å². The molecular formula is C24H32Cl2SiTi. The predicted octanol–water partition coefficient (Wildman–Crippen LogP) is 7.26. The van der Waals surface area contributed by atoms with E-state index in [4.69, 9.17) is 0 Å². The summed E-state index contributed by atoms with van der Waals surface area (Å²) in [6, 6.07) is 18.3. The maximum Gasteiger partial charge on any atom is -0.147 e. The summed E-state index contributed by atoms with van der Waals surface area (Å²) in [5.41, 5.74) is 12.4. The quantitative estimate of drug-likeness (QED) is 0.408. The third-order valence-electron chi connectivity index (χ3n) is 7.30. The van der Waals surface area contributed by atoms with E-state index in [9.17, 15) is 0 Å². The summed E-state index contributed by atoms with van der Waals surface area (Å²) in [7, 11) is 2.41. The average Bonchev–Trinajstić information content (AvgIpc) is 3.01. The summed E-state index contributed by atoms with van der Waals surface area (Å²) in [5, 5.41) is 5.39. The van der Waals surface area contributed by atoms with Crippen LogP contribution >= 0.6 is 24.8 Å². The van der Waals surface area contributed by atoms with Crippen LogP contribution in [-0.4, -0.2) is 7.63 Å². The van der Waals surface area contributed by atoms with E-state index in [0.717, 1.165) is 0 Å². The molecule has 0 radical (unpaired) electrons. The summed E-state index contributed by atoms with van der Waals surface area (Å²) in [4.78, 5) is 0. The molecule has 4 heteroatoms. The Kier molecular flexibility index (Phi) is 6.43. The maximum absolute atomic E-state index is 2.99. The van der Waals surface area contributed by atoms with Crippen molar-refractivity contribution in [1.29, 1.82) is 0 Å². The minimum absolute atomic E-state index is 0. The molecule has 150 valence electrons. The fourth-order valence-corrected chi connectivity index (χ4v) is 20.1. The normalized spacial score (nSPS) is 21.1. The van der Waals surface area contributed by atoms with E-state index in [0.29, 0.717) is 8.45 Å². The zero-order valence-electron chi connectivity index (χ0n) is 17.8. The van der Waals surface area contributed by atoms with E-state index < -0.39 is 14.0 Å². The molecule has 0 saturated heterocycles. The molecule has 0 spiro atoms. The van der Waals surface area contributed by atoms with Gasteiger partial charge in [-0.05, 0) is 0 Å². The molecule has 0 amide bonds. The fraction of sp³-hybridized carbons (Fsp3) is 0.333. The van der Waals surface area contributed by atoms with Gasteiger partial charge in [0.25, 0.3) is 0 Å². The van der Waals surface area contributed by atoms with E-state index in [1.165, 1.54) is 22.3 Å². The SMILES string of the molecule is CC1=C(C)[CH]([Ti]([CH3])([CH3])(=[SiH2])[CH]2C(C)=C(C)c3ccccc32)c2ccccc21.Cl.Cl. The number of rotatable bonds is 2. The zero-order valence-corrected chi connectivity index (χ0v) is 22.4. The molecule has 0 nitrogen and oxygen atoms in total. The Balaban J connectivity index is 0.00000140. The number of fused-ring (bicyclic) bond motifs is 2. The van der Waals surface area contributed by atoms with Crippen molar-refractivity contribution >= 4 is 43.6 Å². The maximum atomic E-state index is 2.70. The Hall–Kier alpha value is -0.569. The van der Waals surface area contributed by atoms with Gasteiger partial charge in [-0.15, -0.1) is 24.8 Å². The van der Waals surface area contributed by atoms with Gasteiger partial charge >= 0.3 is 161 Å². The first kappa shape index (κ1) is 23.7.